The van der Waals surface area contributed by atoms with Gasteiger partial charge in [-0.3, -0.25) is 4.79 Å². The molecule has 3 nitrogen and oxygen atoms in total. The predicted octanol–water partition coefficient (Wildman–Crippen LogP) is 1.52. The van der Waals surface area contributed by atoms with Gasteiger partial charge in [-0.05, 0) is 24.7 Å². The molecule has 1 amide bonds. The summed E-state index contributed by atoms with van der Waals surface area (Å²) in [5, 5.41) is 0. The molecular weight excluding hydrogens is 188 g/mol. The molecule has 2 N–H and O–H groups in total. The smallest absolute Gasteiger partial charge is 0.223 e. The molecule has 1 saturated heterocycles. The summed E-state index contributed by atoms with van der Waals surface area (Å²) in [7, 11) is 0. The molecule has 1 heterocycles. The minimum atomic E-state index is 0.264. The van der Waals surface area contributed by atoms with Crippen molar-refractivity contribution in [1.29, 1.82) is 0 Å². The Labute approximate surface area is 92.0 Å². The maximum atomic E-state index is 11.7. The van der Waals surface area contributed by atoms with Crippen LogP contribution in [-0.4, -0.2) is 30.4 Å². The van der Waals surface area contributed by atoms with Crippen LogP contribution in [0.4, 0.5) is 0 Å². The second kappa shape index (κ2) is 4.52. The van der Waals surface area contributed by atoms with Gasteiger partial charge in [-0.15, -0.1) is 0 Å². The average molecular weight is 210 g/mol. The first-order valence-corrected chi connectivity index (χ1v) is 6.24. The summed E-state index contributed by atoms with van der Waals surface area (Å²) in [6, 6.07) is 0. The summed E-state index contributed by atoms with van der Waals surface area (Å²) in [6.07, 6.45) is 8.52. The number of rotatable bonds is 2. The number of likely N-dealkylation sites (tertiary alicyclic amines) is 1. The molecule has 86 valence electrons. The molecule has 0 unspecified atom stereocenters. The van der Waals surface area contributed by atoms with Gasteiger partial charge >= 0.3 is 0 Å². The van der Waals surface area contributed by atoms with E-state index in [2.05, 4.69) is 0 Å². The van der Waals surface area contributed by atoms with Crippen molar-refractivity contribution in [2.24, 2.45) is 11.1 Å². The fourth-order valence-electron chi connectivity index (χ4n) is 3.14. The van der Waals surface area contributed by atoms with Crippen LogP contribution in [0.3, 0.4) is 0 Å². The van der Waals surface area contributed by atoms with E-state index in [0.717, 1.165) is 13.1 Å². The van der Waals surface area contributed by atoms with Crippen LogP contribution in [-0.2, 0) is 4.79 Å². The Morgan fingerprint density at radius 2 is 1.93 bits per heavy atom. The molecule has 3 heteroatoms. The molecule has 2 fully saturated rings. The summed E-state index contributed by atoms with van der Waals surface area (Å²) >= 11 is 0. The highest BCUT2D eigenvalue weighted by molar-refractivity contribution is 5.76. The maximum absolute atomic E-state index is 11.7. The SMILES string of the molecule is NCCC(=O)N1CCC2(CCCCC2)C1. The molecule has 1 spiro atoms. The van der Waals surface area contributed by atoms with Gasteiger partial charge in [0.2, 0.25) is 5.91 Å². The molecule has 0 radical (unpaired) electrons. The summed E-state index contributed by atoms with van der Waals surface area (Å²) in [5.41, 5.74) is 5.91. The average Bonchev–Trinajstić information content (AvgIpc) is 2.64. The highest BCUT2D eigenvalue weighted by Crippen LogP contribution is 2.43. The number of hydrogen-bond acceptors (Lipinski definition) is 2. The lowest BCUT2D eigenvalue weighted by molar-refractivity contribution is -0.130. The molecule has 2 rings (SSSR count). The third-order valence-electron chi connectivity index (χ3n) is 4.06. The second-order valence-electron chi connectivity index (χ2n) is 5.16. The van der Waals surface area contributed by atoms with E-state index in [1.165, 1.54) is 38.5 Å². The van der Waals surface area contributed by atoms with Gasteiger partial charge in [-0.2, -0.15) is 0 Å². The highest BCUT2D eigenvalue weighted by Gasteiger charge is 2.39. The monoisotopic (exact) mass is 210 g/mol. The largest absolute Gasteiger partial charge is 0.342 e. The van der Waals surface area contributed by atoms with Crippen LogP contribution in [0.15, 0.2) is 0 Å². The van der Waals surface area contributed by atoms with E-state index in [0.29, 0.717) is 18.4 Å². The third-order valence-corrected chi connectivity index (χ3v) is 4.06. The standard InChI is InChI=1S/C12H22N2O/c13-8-4-11(15)14-9-7-12(10-14)5-2-1-3-6-12/h1-10,13H2. The van der Waals surface area contributed by atoms with E-state index in [9.17, 15) is 4.79 Å². The first-order valence-electron chi connectivity index (χ1n) is 6.24. The predicted molar refractivity (Wildman–Crippen MR) is 60.4 cm³/mol. The number of carbonyl (C=O) groups is 1. The highest BCUT2D eigenvalue weighted by atomic mass is 16.2. The second-order valence-corrected chi connectivity index (χ2v) is 5.16. The van der Waals surface area contributed by atoms with Crippen molar-refractivity contribution in [1.82, 2.24) is 4.90 Å². The fourth-order valence-corrected chi connectivity index (χ4v) is 3.14. The van der Waals surface area contributed by atoms with Crippen molar-refractivity contribution < 1.29 is 4.79 Å². The Hall–Kier alpha value is -0.570. The van der Waals surface area contributed by atoms with Crippen LogP contribution < -0.4 is 5.73 Å². The number of carbonyl (C=O) groups excluding carboxylic acids is 1. The van der Waals surface area contributed by atoms with E-state index in [1.807, 2.05) is 4.90 Å². The molecule has 1 saturated carbocycles. The minimum absolute atomic E-state index is 0.264. The van der Waals surface area contributed by atoms with Crippen molar-refractivity contribution >= 4 is 5.91 Å². The van der Waals surface area contributed by atoms with Crippen molar-refractivity contribution in [3.05, 3.63) is 0 Å². The number of nitrogens with zero attached hydrogens (tertiary/aromatic N) is 1. The Balaban J connectivity index is 1.90. The topological polar surface area (TPSA) is 46.3 Å². The molecule has 1 aliphatic carbocycles. The minimum Gasteiger partial charge on any atom is -0.342 e. The van der Waals surface area contributed by atoms with E-state index in [-0.39, 0.29) is 5.91 Å². The summed E-state index contributed by atoms with van der Waals surface area (Å²) in [4.78, 5) is 13.8. The van der Waals surface area contributed by atoms with Crippen LogP contribution in [0.5, 0.6) is 0 Å². The number of nitrogens with two attached hydrogens (primary N) is 1. The summed E-state index contributed by atoms with van der Waals surface area (Å²) in [6.45, 7) is 2.47. The first-order chi connectivity index (χ1) is 7.26. The zero-order valence-electron chi connectivity index (χ0n) is 9.50. The van der Waals surface area contributed by atoms with Gasteiger partial charge in [0.25, 0.3) is 0 Å². The first kappa shape index (κ1) is 10.9. The van der Waals surface area contributed by atoms with Crippen LogP contribution >= 0.6 is 0 Å². The molecule has 0 bridgehead atoms. The van der Waals surface area contributed by atoms with E-state index in [4.69, 9.17) is 5.73 Å². The Bertz CT molecular complexity index is 234. The molecule has 2 aliphatic rings. The van der Waals surface area contributed by atoms with Gasteiger partial charge < -0.3 is 10.6 Å². The zero-order valence-corrected chi connectivity index (χ0v) is 9.50. The number of amides is 1. The Morgan fingerprint density at radius 3 is 2.60 bits per heavy atom. The van der Waals surface area contributed by atoms with Crippen molar-refractivity contribution in [2.75, 3.05) is 19.6 Å². The van der Waals surface area contributed by atoms with Crippen LogP contribution in [0.2, 0.25) is 0 Å². The van der Waals surface area contributed by atoms with E-state index < -0.39 is 0 Å². The molecule has 0 aromatic carbocycles. The van der Waals surface area contributed by atoms with E-state index in [1.54, 1.807) is 0 Å². The van der Waals surface area contributed by atoms with Gasteiger partial charge in [0, 0.05) is 26.1 Å². The van der Waals surface area contributed by atoms with Crippen LogP contribution in [0.1, 0.15) is 44.9 Å². The van der Waals surface area contributed by atoms with Gasteiger partial charge in [0.05, 0.1) is 0 Å². The number of hydrogen-bond donors (Lipinski definition) is 1. The third kappa shape index (κ3) is 2.33. The van der Waals surface area contributed by atoms with E-state index >= 15 is 0 Å². The molecule has 0 atom stereocenters. The normalized spacial score (nSPS) is 24.7. The van der Waals surface area contributed by atoms with Crippen molar-refractivity contribution in [3.8, 4) is 0 Å². The van der Waals surface area contributed by atoms with Crippen molar-refractivity contribution in [2.45, 2.75) is 44.9 Å². The molecule has 0 aromatic heterocycles. The quantitative estimate of drug-likeness (QED) is 0.751. The summed E-state index contributed by atoms with van der Waals surface area (Å²) in [5.74, 6) is 0.264. The lowest BCUT2D eigenvalue weighted by Gasteiger charge is -2.33. The van der Waals surface area contributed by atoms with Crippen LogP contribution in [0, 0.1) is 5.41 Å². The van der Waals surface area contributed by atoms with Crippen LogP contribution in [0.25, 0.3) is 0 Å². The zero-order chi connectivity index (χ0) is 10.7. The van der Waals surface area contributed by atoms with Gasteiger partial charge in [0.15, 0.2) is 0 Å². The molecule has 1 aliphatic heterocycles. The Kier molecular flexibility index (Phi) is 3.29. The van der Waals surface area contributed by atoms with Crippen molar-refractivity contribution in [3.63, 3.8) is 0 Å². The summed E-state index contributed by atoms with van der Waals surface area (Å²) < 4.78 is 0. The molecule has 0 aromatic rings. The van der Waals surface area contributed by atoms with Gasteiger partial charge in [-0.1, -0.05) is 19.3 Å². The molecular formula is C12H22N2O. The van der Waals surface area contributed by atoms with Gasteiger partial charge in [-0.25, -0.2) is 0 Å². The molecule has 15 heavy (non-hydrogen) atoms. The lowest BCUT2D eigenvalue weighted by Crippen LogP contribution is -2.34. The maximum Gasteiger partial charge on any atom is 0.223 e. The van der Waals surface area contributed by atoms with Gasteiger partial charge in [0.1, 0.15) is 0 Å². The Morgan fingerprint density at radius 1 is 1.20 bits per heavy atom. The fraction of sp³-hybridized carbons (Fsp3) is 0.917. The lowest BCUT2D eigenvalue weighted by atomic mass is 9.73.